The SMILES string of the molecule is COC(=O)c1cc(Nc2nc(C)cs2)ccc1N. The number of hydrogen-bond donors (Lipinski definition) is 2. The molecule has 1 heterocycles. The van der Waals surface area contributed by atoms with Crippen LogP contribution in [0.25, 0.3) is 0 Å². The normalized spacial score (nSPS) is 10.1. The lowest BCUT2D eigenvalue weighted by Gasteiger charge is -2.07. The van der Waals surface area contributed by atoms with E-state index in [0.29, 0.717) is 11.3 Å². The number of aryl methyl sites for hydroxylation is 1. The zero-order valence-electron chi connectivity index (χ0n) is 10.1. The van der Waals surface area contributed by atoms with E-state index >= 15 is 0 Å². The molecule has 0 spiro atoms. The average molecular weight is 263 g/mol. The van der Waals surface area contributed by atoms with Gasteiger partial charge in [-0.1, -0.05) is 0 Å². The molecule has 0 saturated carbocycles. The van der Waals surface area contributed by atoms with Gasteiger partial charge in [0.05, 0.1) is 18.4 Å². The van der Waals surface area contributed by atoms with Crippen molar-refractivity contribution in [2.45, 2.75) is 6.92 Å². The molecule has 0 aliphatic rings. The van der Waals surface area contributed by atoms with Crippen LogP contribution in [0.5, 0.6) is 0 Å². The second-order valence-electron chi connectivity index (χ2n) is 3.71. The molecular formula is C12H13N3O2S. The van der Waals surface area contributed by atoms with Gasteiger partial charge in [-0.3, -0.25) is 0 Å². The molecule has 1 aromatic carbocycles. The van der Waals surface area contributed by atoms with Crippen LogP contribution in [-0.4, -0.2) is 18.1 Å². The number of nitrogens with zero attached hydrogens (tertiary/aromatic N) is 1. The number of nitrogens with one attached hydrogen (secondary N) is 1. The summed E-state index contributed by atoms with van der Waals surface area (Å²) in [5, 5.41) is 5.83. The maximum absolute atomic E-state index is 11.5. The number of thiazole rings is 1. The van der Waals surface area contributed by atoms with Crippen molar-refractivity contribution in [3.8, 4) is 0 Å². The predicted molar refractivity (Wildman–Crippen MR) is 72.3 cm³/mol. The molecule has 94 valence electrons. The van der Waals surface area contributed by atoms with Crippen molar-refractivity contribution in [1.29, 1.82) is 0 Å². The molecule has 6 heteroatoms. The Morgan fingerprint density at radius 3 is 2.89 bits per heavy atom. The molecule has 18 heavy (non-hydrogen) atoms. The molecule has 1 aromatic heterocycles. The van der Waals surface area contributed by atoms with Crippen LogP contribution in [0.4, 0.5) is 16.5 Å². The first-order valence-electron chi connectivity index (χ1n) is 5.27. The summed E-state index contributed by atoms with van der Waals surface area (Å²) in [6.45, 7) is 1.92. The standard InChI is InChI=1S/C12H13N3O2S/c1-7-6-18-12(14-7)15-8-3-4-10(13)9(5-8)11(16)17-2/h3-6H,13H2,1-2H3,(H,14,15). The predicted octanol–water partition coefficient (Wildman–Crippen LogP) is 2.56. The average Bonchev–Trinajstić information content (AvgIpc) is 2.76. The number of carbonyl (C=O) groups is 1. The molecule has 0 atom stereocenters. The summed E-state index contributed by atoms with van der Waals surface area (Å²) in [6, 6.07) is 5.10. The third kappa shape index (κ3) is 2.60. The Morgan fingerprint density at radius 1 is 1.50 bits per heavy atom. The van der Waals surface area contributed by atoms with Gasteiger partial charge >= 0.3 is 5.97 Å². The second-order valence-corrected chi connectivity index (χ2v) is 4.57. The fraction of sp³-hybridized carbons (Fsp3) is 0.167. The summed E-state index contributed by atoms with van der Waals surface area (Å²) in [5.41, 5.74) is 8.16. The van der Waals surface area contributed by atoms with Crippen LogP contribution in [0.3, 0.4) is 0 Å². The zero-order chi connectivity index (χ0) is 13.1. The van der Waals surface area contributed by atoms with E-state index in [0.717, 1.165) is 16.5 Å². The number of aromatic nitrogens is 1. The highest BCUT2D eigenvalue weighted by molar-refractivity contribution is 7.13. The Bertz CT molecular complexity index is 580. The van der Waals surface area contributed by atoms with Crippen molar-refractivity contribution >= 4 is 33.8 Å². The van der Waals surface area contributed by atoms with Gasteiger partial charge in [-0.25, -0.2) is 9.78 Å². The van der Waals surface area contributed by atoms with Gasteiger partial charge in [-0.2, -0.15) is 0 Å². The molecule has 0 unspecified atom stereocenters. The van der Waals surface area contributed by atoms with Gasteiger partial charge in [-0.15, -0.1) is 11.3 Å². The maximum Gasteiger partial charge on any atom is 0.340 e. The van der Waals surface area contributed by atoms with E-state index in [1.165, 1.54) is 18.4 Å². The number of nitrogen functional groups attached to an aromatic ring is 1. The van der Waals surface area contributed by atoms with Crippen LogP contribution in [0.1, 0.15) is 16.1 Å². The van der Waals surface area contributed by atoms with E-state index in [1.54, 1.807) is 18.2 Å². The minimum absolute atomic E-state index is 0.343. The molecule has 5 nitrogen and oxygen atoms in total. The van der Waals surface area contributed by atoms with Crippen LogP contribution < -0.4 is 11.1 Å². The van der Waals surface area contributed by atoms with Crippen LogP contribution >= 0.6 is 11.3 Å². The van der Waals surface area contributed by atoms with Gasteiger partial charge in [0, 0.05) is 16.8 Å². The van der Waals surface area contributed by atoms with Gasteiger partial charge < -0.3 is 15.8 Å². The number of hydrogen-bond acceptors (Lipinski definition) is 6. The first-order chi connectivity index (χ1) is 8.60. The molecule has 0 aliphatic carbocycles. The lowest BCUT2D eigenvalue weighted by Crippen LogP contribution is -2.06. The van der Waals surface area contributed by atoms with Gasteiger partial charge in [-0.05, 0) is 25.1 Å². The highest BCUT2D eigenvalue weighted by atomic mass is 32.1. The van der Waals surface area contributed by atoms with Crippen LogP contribution in [0.15, 0.2) is 23.6 Å². The monoisotopic (exact) mass is 263 g/mol. The molecule has 2 aromatic rings. The third-order valence-electron chi connectivity index (χ3n) is 2.33. The highest BCUT2D eigenvalue weighted by Crippen LogP contribution is 2.24. The van der Waals surface area contributed by atoms with Gasteiger partial charge in [0.2, 0.25) is 0 Å². The molecule has 0 aliphatic heterocycles. The Kier molecular flexibility index (Phi) is 3.47. The lowest BCUT2D eigenvalue weighted by atomic mass is 10.1. The van der Waals surface area contributed by atoms with Gasteiger partial charge in [0.25, 0.3) is 0 Å². The van der Waals surface area contributed by atoms with Crippen molar-refractivity contribution in [3.63, 3.8) is 0 Å². The van der Waals surface area contributed by atoms with Crippen LogP contribution in [-0.2, 0) is 4.74 Å². The maximum atomic E-state index is 11.5. The van der Waals surface area contributed by atoms with Crippen molar-refractivity contribution in [2.24, 2.45) is 0 Å². The number of methoxy groups -OCH3 is 1. The molecular weight excluding hydrogens is 250 g/mol. The number of rotatable bonds is 3. The number of benzene rings is 1. The highest BCUT2D eigenvalue weighted by Gasteiger charge is 2.11. The van der Waals surface area contributed by atoms with Crippen molar-refractivity contribution in [1.82, 2.24) is 4.98 Å². The fourth-order valence-electron chi connectivity index (χ4n) is 1.46. The zero-order valence-corrected chi connectivity index (χ0v) is 10.9. The van der Waals surface area contributed by atoms with E-state index in [9.17, 15) is 4.79 Å². The molecule has 0 bridgehead atoms. The topological polar surface area (TPSA) is 77.2 Å². The lowest BCUT2D eigenvalue weighted by molar-refractivity contribution is 0.0602. The van der Waals surface area contributed by atoms with Crippen molar-refractivity contribution in [3.05, 3.63) is 34.8 Å². The summed E-state index contributed by atoms with van der Waals surface area (Å²) in [4.78, 5) is 15.8. The largest absolute Gasteiger partial charge is 0.465 e. The van der Waals surface area contributed by atoms with Crippen molar-refractivity contribution in [2.75, 3.05) is 18.2 Å². The quantitative estimate of drug-likeness (QED) is 0.657. The Morgan fingerprint density at radius 2 is 2.28 bits per heavy atom. The summed E-state index contributed by atoms with van der Waals surface area (Å²) < 4.78 is 4.67. The van der Waals surface area contributed by atoms with E-state index < -0.39 is 5.97 Å². The Balaban J connectivity index is 2.27. The number of esters is 1. The Hall–Kier alpha value is -2.08. The second kappa shape index (κ2) is 5.05. The summed E-state index contributed by atoms with van der Waals surface area (Å²) in [7, 11) is 1.33. The summed E-state index contributed by atoms with van der Waals surface area (Å²) >= 11 is 1.50. The van der Waals surface area contributed by atoms with Crippen LogP contribution in [0.2, 0.25) is 0 Å². The first kappa shape index (κ1) is 12.4. The van der Waals surface area contributed by atoms with E-state index in [1.807, 2.05) is 12.3 Å². The van der Waals surface area contributed by atoms with Gasteiger partial charge in [0.1, 0.15) is 0 Å². The van der Waals surface area contributed by atoms with Crippen molar-refractivity contribution < 1.29 is 9.53 Å². The minimum atomic E-state index is -0.452. The molecule has 0 radical (unpaired) electrons. The molecule has 3 N–H and O–H groups in total. The third-order valence-corrected chi connectivity index (χ3v) is 3.20. The minimum Gasteiger partial charge on any atom is -0.465 e. The first-order valence-corrected chi connectivity index (χ1v) is 6.15. The number of nitrogens with two attached hydrogens (primary N) is 1. The molecule has 0 amide bonds. The number of anilines is 3. The summed E-state index contributed by atoms with van der Waals surface area (Å²) in [6.07, 6.45) is 0. The Labute approximate surface area is 109 Å². The van der Waals surface area contributed by atoms with E-state index in [2.05, 4.69) is 15.0 Å². The number of ether oxygens (including phenoxy) is 1. The van der Waals surface area contributed by atoms with Crippen LogP contribution in [0, 0.1) is 6.92 Å². The summed E-state index contributed by atoms with van der Waals surface area (Å²) in [5.74, 6) is -0.452. The van der Waals surface area contributed by atoms with E-state index in [-0.39, 0.29) is 0 Å². The number of carbonyl (C=O) groups excluding carboxylic acids is 1. The van der Waals surface area contributed by atoms with E-state index in [4.69, 9.17) is 5.73 Å². The molecule has 0 fully saturated rings. The fourth-order valence-corrected chi connectivity index (χ4v) is 2.16. The van der Waals surface area contributed by atoms with Gasteiger partial charge in [0.15, 0.2) is 5.13 Å². The molecule has 0 saturated heterocycles. The molecule has 2 rings (SSSR count). The smallest absolute Gasteiger partial charge is 0.340 e.